The number of fused-ring (bicyclic) bond motifs is 2. The fourth-order valence-corrected chi connectivity index (χ4v) is 2.61. The van der Waals surface area contributed by atoms with Crippen molar-refractivity contribution in [3.05, 3.63) is 0 Å². The molecule has 0 amide bonds. The maximum atomic E-state index is 9.46. The van der Waals surface area contributed by atoms with Gasteiger partial charge in [-0.15, -0.1) is 0 Å². The molecule has 4 heteroatoms. The summed E-state index contributed by atoms with van der Waals surface area (Å²) >= 11 is 0. The lowest BCUT2D eigenvalue weighted by Gasteiger charge is -2.34. The van der Waals surface area contributed by atoms with Gasteiger partial charge in [-0.2, -0.15) is 0 Å². The first-order valence-corrected chi connectivity index (χ1v) is 4.72. The number of esters is 1. The largest absolute Gasteiger partial charge is 0.515 e. The Hall–Kier alpha value is -0.610. The Labute approximate surface area is 76.1 Å². The summed E-state index contributed by atoms with van der Waals surface area (Å²) in [5.41, 5.74) is 0. The highest BCUT2D eigenvalue weighted by Gasteiger charge is 2.64. The molecule has 0 radical (unpaired) electrons. The molecule has 0 saturated carbocycles. The second-order valence-electron chi connectivity index (χ2n) is 4.16. The molecule has 4 unspecified atom stereocenters. The van der Waals surface area contributed by atoms with E-state index in [1.54, 1.807) is 0 Å². The normalized spacial score (nSPS) is 58.2. The van der Waals surface area contributed by atoms with Crippen LogP contribution in [0.15, 0.2) is 0 Å². The number of carbonyl (C=O) groups excluding carboxylic acids is 1. The second kappa shape index (κ2) is 2.25. The van der Waals surface area contributed by atoms with Crippen LogP contribution in [0.1, 0.15) is 13.8 Å². The smallest absolute Gasteiger partial charge is 0.347 e. The Morgan fingerprint density at radius 3 is 2.62 bits per heavy atom. The van der Waals surface area contributed by atoms with Gasteiger partial charge in [-0.1, -0.05) is 13.8 Å². The van der Waals surface area contributed by atoms with Crippen LogP contribution in [-0.2, 0) is 14.2 Å². The minimum atomic E-state index is -0.388. The monoisotopic (exact) mass is 185 g/mol. The summed E-state index contributed by atoms with van der Waals surface area (Å²) in [6, 6.07) is 0. The zero-order chi connectivity index (χ0) is 9.16. The topological polar surface area (TPSA) is 49.1 Å². The summed E-state index contributed by atoms with van der Waals surface area (Å²) in [6.45, 7) is 4.13. The lowest BCUT2D eigenvalue weighted by molar-refractivity contribution is -0.158. The number of hydrogen-bond acceptors (Lipinski definition) is 3. The van der Waals surface area contributed by atoms with Gasteiger partial charge < -0.3 is 14.3 Å². The average Bonchev–Trinajstić information content (AvgIpc) is 2.25. The Bertz CT molecular complexity index is 264. The van der Waals surface area contributed by atoms with Crippen LogP contribution >= 0.6 is 0 Å². The van der Waals surface area contributed by atoms with Gasteiger partial charge in [0.1, 0.15) is 0 Å². The molecule has 3 aliphatic heterocycles. The molecule has 3 rings (SSSR count). The first-order valence-electron chi connectivity index (χ1n) is 4.72. The van der Waals surface area contributed by atoms with Gasteiger partial charge in [0.05, 0.1) is 6.10 Å². The summed E-state index contributed by atoms with van der Waals surface area (Å²) in [4.78, 5) is 9.46. The molecule has 4 nitrogen and oxygen atoms in total. The highest BCUT2D eigenvalue weighted by Crippen LogP contribution is 2.44. The van der Waals surface area contributed by atoms with E-state index in [1.165, 1.54) is 0 Å². The Morgan fingerprint density at radius 1 is 1.08 bits per heavy atom. The third-order valence-electron chi connectivity index (χ3n) is 3.38. The standard InChI is InChI=1S/C9H12O4/c1-3-5-4(2)7-9(12-5)13-8(10)6(3)11-7/h3-7,9H,1-2H3/p+1/t3?,4?,5?,6-,7+,9?/m1/s1. The van der Waals surface area contributed by atoms with Crippen molar-refractivity contribution in [2.24, 2.45) is 11.8 Å². The first-order chi connectivity index (χ1) is 6.18. The van der Waals surface area contributed by atoms with Gasteiger partial charge in [0.2, 0.25) is 6.10 Å². The molecule has 72 valence electrons. The fourth-order valence-electron chi connectivity index (χ4n) is 2.61. The fraction of sp³-hybridized carbons (Fsp3) is 0.889. The molecule has 0 spiro atoms. The van der Waals surface area contributed by atoms with Crippen LogP contribution in [-0.4, -0.2) is 35.4 Å². The predicted molar refractivity (Wildman–Crippen MR) is 43.7 cm³/mol. The van der Waals surface area contributed by atoms with Crippen LogP contribution in [0.2, 0.25) is 0 Å². The molecule has 3 saturated heterocycles. The molecule has 3 bridgehead atoms. The third kappa shape index (κ3) is 0.802. The quantitative estimate of drug-likeness (QED) is 0.402. The highest BCUT2D eigenvalue weighted by molar-refractivity contribution is 5.77. The van der Waals surface area contributed by atoms with Crippen LogP contribution in [0, 0.1) is 11.8 Å². The Balaban J connectivity index is 2.02. The van der Waals surface area contributed by atoms with E-state index in [0.717, 1.165) is 0 Å². The Kier molecular flexibility index (Phi) is 1.34. The van der Waals surface area contributed by atoms with E-state index in [0.29, 0.717) is 5.92 Å². The van der Waals surface area contributed by atoms with E-state index < -0.39 is 0 Å². The van der Waals surface area contributed by atoms with Gasteiger partial charge in [0.15, 0.2) is 6.10 Å². The molecular weight excluding hydrogens is 172 g/mol. The summed E-state index contributed by atoms with van der Waals surface area (Å²) in [6.07, 6.45) is -0.508. The van der Waals surface area contributed by atoms with Crippen LogP contribution in [0.5, 0.6) is 0 Å². The van der Waals surface area contributed by atoms with E-state index in [9.17, 15) is 4.79 Å². The van der Waals surface area contributed by atoms with Gasteiger partial charge >= 0.3 is 12.3 Å². The van der Waals surface area contributed by atoms with Crippen molar-refractivity contribution in [1.82, 2.24) is 0 Å². The van der Waals surface area contributed by atoms with E-state index in [2.05, 4.69) is 6.92 Å². The molecule has 0 aliphatic carbocycles. The van der Waals surface area contributed by atoms with Crippen molar-refractivity contribution in [2.75, 3.05) is 0 Å². The van der Waals surface area contributed by atoms with Gasteiger partial charge in [-0.25, -0.2) is 0 Å². The minimum Gasteiger partial charge on any atom is -0.347 e. The molecule has 3 heterocycles. The third-order valence-corrected chi connectivity index (χ3v) is 3.38. The number of ether oxygens (including phenoxy) is 3. The van der Waals surface area contributed by atoms with Crippen molar-refractivity contribution in [1.29, 1.82) is 0 Å². The van der Waals surface area contributed by atoms with Gasteiger partial charge in [-0.3, -0.25) is 4.74 Å². The highest BCUT2D eigenvalue weighted by atomic mass is 16.8. The maximum absolute atomic E-state index is 9.46. The number of rotatable bonds is 0. The zero-order valence-electron chi connectivity index (χ0n) is 7.64. The lowest BCUT2D eigenvalue weighted by Crippen LogP contribution is -2.53. The summed E-state index contributed by atoms with van der Waals surface area (Å²) < 4.78 is 16.5. The Morgan fingerprint density at radius 2 is 1.85 bits per heavy atom. The van der Waals surface area contributed by atoms with Crippen LogP contribution in [0.4, 0.5) is 0 Å². The van der Waals surface area contributed by atoms with E-state index in [-0.39, 0.29) is 36.5 Å². The molecule has 0 aromatic heterocycles. The van der Waals surface area contributed by atoms with E-state index >= 15 is 0 Å². The summed E-state index contributed by atoms with van der Waals surface area (Å²) in [7, 11) is 0. The SMILES string of the molecule is CC1C2OC3OC(=[OH+])[C@H](O[C@H]31)C2C. The van der Waals surface area contributed by atoms with E-state index in [1.807, 2.05) is 6.92 Å². The summed E-state index contributed by atoms with van der Waals surface area (Å²) in [5.74, 6) is 0.534. The van der Waals surface area contributed by atoms with Gasteiger partial charge in [-0.05, 0) is 0 Å². The molecule has 3 fully saturated rings. The predicted octanol–water partition coefficient (Wildman–Crippen LogP) is 0.283. The average molecular weight is 185 g/mol. The molecule has 1 N–H and O–H groups in total. The van der Waals surface area contributed by atoms with Crippen molar-refractivity contribution < 1.29 is 19.0 Å². The lowest BCUT2D eigenvalue weighted by atomic mass is 9.84. The molecule has 0 aromatic carbocycles. The van der Waals surface area contributed by atoms with Crippen molar-refractivity contribution in [3.63, 3.8) is 0 Å². The van der Waals surface area contributed by atoms with Crippen LogP contribution < -0.4 is 0 Å². The molecule has 3 aliphatic rings. The minimum absolute atomic E-state index is 0.00194. The maximum Gasteiger partial charge on any atom is 0.515 e. The second-order valence-corrected chi connectivity index (χ2v) is 4.16. The van der Waals surface area contributed by atoms with E-state index in [4.69, 9.17) is 14.2 Å². The number of hydrogen-bond donors (Lipinski definition) is 0. The first kappa shape index (κ1) is 7.76. The van der Waals surface area contributed by atoms with Gasteiger partial charge in [0, 0.05) is 11.8 Å². The molecule has 6 atom stereocenters. The van der Waals surface area contributed by atoms with Crippen LogP contribution in [0.25, 0.3) is 0 Å². The van der Waals surface area contributed by atoms with Crippen LogP contribution in [0.3, 0.4) is 0 Å². The molecule has 0 aromatic rings. The van der Waals surface area contributed by atoms with Gasteiger partial charge in [0.25, 0.3) is 0 Å². The zero-order valence-corrected chi connectivity index (χ0v) is 7.64. The molecular formula is C9H13O4+. The van der Waals surface area contributed by atoms with Crippen molar-refractivity contribution >= 4 is 5.97 Å². The van der Waals surface area contributed by atoms with Crippen molar-refractivity contribution in [3.8, 4) is 0 Å². The van der Waals surface area contributed by atoms with Crippen molar-refractivity contribution in [2.45, 2.75) is 38.4 Å². The summed E-state index contributed by atoms with van der Waals surface area (Å²) in [5, 5.41) is 0. The molecule has 13 heavy (non-hydrogen) atoms.